The first-order valence-electron chi connectivity index (χ1n) is 7.46. The Morgan fingerprint density at radius 3 is 2.44 bits per heavy atom. The van der Waals surface area contributed by atoms with Crippen LogP contribution in [0.25, 0.3) is 0 Å². The molecule has 1 aromatic heterocycles. The fourth-order valence-electron chi connectivity index (χ4n) is 2.36. The third-order valence-corrected chi connectivity index (χ3v) is 4.74. The van der Waals surface area contributed by atoms with E-state index < -0.39 is 5.78 Å². The molecule has 2 aromatic rings. The van der Waals surface area contributed by atoms with E-state index in [-0.39, 0.29) is 16.4 Å². The summed E-state index contributed by atoms with van der Waals surface area (Å²) in [6.45, 7) is 1.41. The third-order valence-electron chi connectivity index (χ3n) is 3.61. The molecule has 0 saturated carbocycles. The van der Waals surface area contributed by atoms with Crippen molar-refractivity contribution < 1.29 is 9.59 Å². The van der Waals surface area contributed by atoms with Crippen LogP contribution in [0.2, 0.25) is 0 Å². The summed E-state index contributed by atoms with van der Waals surface area (Å²) in [7, 11) is 1.74. The number of para-hydroxylation sites is 1. The summed E-state index contributed by atoms with van der Waals surface area (Å²) in [6, 6.07) is 14.5. The van der Waals surface area contributed by atoms with Gasteiger partial charge in [-0.25, -0.2) is 5.01 Å². The van der Waals surface area contributed by atoms with Crippen molar-refractivity contribution in [2.45, 2.75) is 6.92 Å². The van der Waals surface area contributed by atoms with Crippen LogP contribution >= 0.6 is 11.8 Å². The van der Waals surface area contributed by atoms with Crippen LogP contribution in [0.5, 0.6) is 0 Å². The number of aromatic nitrogens is 1. The highest BCUT2D eigenvalue weighted by atomic mass is 32.2. The summed E-state index contributed by atoms with van der Waals surface area (Å²) >= 11 is 1.04. The topological polar surface area (TPSA) is 78.5 Å². The van der Waals surface area contributed by atoms with Crippen molar-refractivity contribution in [3.05, 3.63) is 65.0 Å². The average molecular weight is 350 g/mol. The Bertz CT molecular complexity index is 951. The molecule has 7 heteroatoms. The van der Waals surface area contributed by atoms with Crippen molar-refractivity contribution in [3.8, 4) is 6.07 Å². The highest BCUT2D eigenvalue weighted by molar-refractivity contribution is 8.19. The van der Waals surface area contributed by atoms with Crippen LogP contribution in [0.1, 0.15) is 17.4 Å². The fourth-order valence-corrected chi connectivity index (χ4v) is 3.28. The van der Waals surface area contributed by atoms with E-state index in [0.717, 1.165) is 11.8 Å². The number of nitrogens with zero attached hydrogens (tertiary/aromatic N) is 4. The number of Topliss-reactive ketones (excluding diaryl/α,β-unsaturated/α-hetero) is 2. The molecule has 0 N–H and O–H groups in total. The Morgan fingerprint density at radius 2 is 1.88 bits per heavy atom. The van der Waals surface area contributed by atoms with Gasteiger partial charge in [-0.2, -0.15) is 10.4 Å². The Kier molecular flexibility index (Phi) is 4.55. The first kappa shape index (κ1) is 16.7. The van der Waals surface area contributed by atoms with Gasteiger partial charge in [-0.15, -0.1) is 0 Å². The molecule has 1 aromatic carbocycles. The minimum Gasteiger partial charge on any atom is -0.348 e. The van der Waals surface area contributed by atoms with Crippen molar-refractivity contribution in [1.82, 2.24) is 4.57 Å². The molecule has 0 fully saturated rings. The quantitative estimate of drug-likeness (QED) is 0.481. The van der Waals surface area contributed by atoms with Gasteiger partial charge in [-0.3, -0.25) is 9.59 Å². The summed E-state index contributed by atoms with van der Waals surface area (Å²) in [5, 5.41) is 16.0. The van der Waals surface area contributed by atoms with Crippen LogP contribution in [-0.2, 0) is 11.8 Å². The molecule has 124 valence electrons. The maximum atomic E-state index is 12.8. The zero-order valence-corrected chi connectivity index (χ0v) is 14.4. The summed E-state index contributed by atoms with van der Waals surface area (Å²) in [6.07, 6.45) is 1.74. The van der Waals surface area contributed by atoms with Gasteiger partial charge in [-0.1, -0.05) is 18.2 Å². The third kappa shape index (κ3) is 3.12. The highest BCUT2D eigenvalue weighted by Gasteiger charge is 2.32. The highest BCUT2D eigenvalue weighted by Crippen LogP contribution is 2.37. The predicted octanol–water partition coefficient (Wildman–Crippen LogP) is 3.10. The van der Waals surface area contributed by atoms with Crippen molar-refractivity contribution in [3.63, 3.8) is 0 Å². The lowest BCUT2D eigenvalue weighted by molar-refractivity contribution is -0.110. The number of carbonyl (C=O) groups excluding carboxylic acids is 2. The number of ketones is 2. The number of benzene rings is 1. The van der Waals surface area contributed by atoms with Gasteiger partial charge < -0.3 is 4.57 Å². The number of aryl methyl sites for hydroxylation is 1. The van der Waals surface area contributed by atoms with Crippen LogP contribution in [0.3, 0.4) is 0 Å². The second kappa shape index (κ2) is 6.79. The maximum Gasteiger partial charge on any atom is 0.222 e. The largest absolute Gasteiger partial charge is 0.348 e. The molecule has 2 heterocycles. The van der Waals surface area contributed by atoms with Crippen molar-refractivity contribution in [1.29, 1.82) is 5.26 Å². The van der Waals surface area contributed by atoms with E-state index in [1.165, 1.54) is 11.9 Å². The van der Waals surface area contributed by atoms with Crippen molar-refractivity contribution in [2.24, 2.45) is 12.1 Å². The Morgan fingerprint density at radius 1 is 1.16 bits per heavy atom. The molecule has 0 spiro atoms. The minimum atomic E-state index is -0.404. The number of carbonyl (C=O) groups is 2. The van der Waals surface area contributed by atoms with Gasteiger partial charge >= 0.3 is 0 Å². The maximum absolute atomic E-state index is 12.8. The lowest BCUT2D eigenvalue weighted by Gasteiger charge is -2.16. The van der Waals surface area contributed by atoms with Crippen LogP contribution in [-0.4, -0.2) is 21.2 Å². The molecule has 0 unspecified atom stereocenters. The van der Waals surface area contributed by atoms with E-state index in [1.54, 1.807) is 42.1 Å². The van der Waals surface area contributed by atoms with Gasteiger partial charge in [0.25, 0.3) is 0 Å². The van der Waals surface area contributed by atoms with Gasteiger partial charge in [0.15, 0.2) is 10.8 Å². The molecule has 0 amide bonds. The average Bonchev–Trinajstić information content (AvgIpc) is 3.23. The van der Waals surface area contributed by atoms with Crippen molar-refractivity contribution >= 4 is 34.1 Å². The summed E-state index contributed by atoms with van der Waals surface area (Å²) < 4.78 is 1.65. The zero-order valence-electron chi connectivity index (χ0n) is 13.6. The van der Waals surface area contributed by atoms with Crippen LogP contribution in [0, 0.1) is 11.3 Å². The van der Waals surface area contributed by atoms with Crippen LogP contribution < -0.4 is 5.01 Å². The number of hydrogen-bond acceptors (Lipinski definition) is 6. The van der Waals surface area contributed by atoms with Gasteiger partial charge in [0.05, 0.1) is 11.4 Å². The SMILES string of the molecule is CC(=O)C1=NN(c2ccccc2)/C(=C(\C#N)C(=O)c2cccn2C)S1. The lowest BCUT2D eigenvalue weighted by Crippen LogP contribution is -2.16. The molecular weight excluding hydrogens is 336 g/mol. The molecule has 1 aliphatic heterocycles. The zero-order chi connectivity index (χ0) is 18.0. The first-order chi connectivity index (χ1) is 12.0. The van der Waals surface area contributed by atoms with Gasteiger partial charge in [0.2, 0.25) is 5.78 Å². The monoisotopic (exact) mass is 350 g/mol. The number of thioether (sulfide) groups is 1. The Hall–Kier alpha value is -3.11. The van der Waals surface area contributed by atoms with E-state index in [0.29, 0.717) is 16.4 Å². The van der Waals surface area contributed by atoms with E-state index in [1.807, 2.05) is 24.3 Å². The summed E-state index contributed by atoms with van der Waals surface area (Å²) in [5.41, 5.74) is 1.03. The fraction of sp³-hybridized carbons (Fsp3) is 0.111. The van der Waals surface area contributed by atoms with Crippen LogP contribution in [0.15, 0.2) is 64.4 Å². The predicted molar refractivity (Wildman–Crippen MR) is 97.0 cm³/mol. The standard InChI is InChI=1S/C18H14N4O2S/c1-12(23)17-20-22(13-7-4-3-5-8-13)18(25-17)14(11-19)16(24)15-9-6-10-21(15)2/h3-10H,1-2H3/b18-14-. The molecular formula is C18H14N4O2S. The van der Waals surface area contributed by atoms with Gasteiger partial charge in [-0.05, 0) is 36.0 Å². The second-order valence-electron chi connectivity index (χ2n) is 5.34. The number of nitriles is 1. The molecule has 0 atom stereocenters. The van der Waals surface area contributed by atoms with E-state index in [9.17, 15) is 14.9 Å². The summed E-state index contributed by atoms with van der Waals surface area (Å²) in [5.74, 6) is -0.622. The molecule has 25 heavy (non-hydrogen) atoms. The lowest BCUT2D eigenvalue weighted by atomic mass is 10.1. The molecule has 0 bridgehead atoms. The van der Waals surface area contributed by atoms with E-state index in [2.05, 4.69) is 5.10 Å². The van der Waals surface area contributed by atoms with E-state index in [4.69, 9.17) is 0 Å². The molecule has 0 saturated heterocycles. The number of anilines is 1. The normalized spacial score (nSPS) is 15.6. The first-order valence-corrected chi connectivity index (χ1v) is 8.27. The molecule has 0 aliphatic carbocycles. The van der Waals surface area contributed by atoms with Crippen LogP contribution in [0.4, 0.5) is 5.69 Å². The van der Waals surface area contributed by atoms with Crippen molar-refractivity contribution in [2.75, 3.05) is 5.01 Å². The second-order valence-corrected chi connectivity index (χ2v) is 6.31. The number of allylic oxidation sites excluding steroid dienone is 1. The smallest absolute Gasteiger partial charge is 0.222 e. The molecule has 0 radical (unpaired) electrons. The number of hydrazone groups is 1. The Labute approximate surface area is 149 Å². The van der Waals surface area contributed by atoms with E-state index >= 15 is 0 Å². The minimum absolute atomic E-state index is 0.0457. The molecule has 3 rings (SSSR count). The summed E-state index contributed by atoms with van der Waals surface area (Å²) in [4.78, 5) is 24.6. The number of rotatable bonds is 4. The van der Waals surface area contributed by atoms with Gasteiger partial charge in [0, 0.05) is 20.2 Å². The number of hydrogen-bond donors (Lipinski definition) is 0. The molecule has 1 aliphatic rings. The molecule has 6 nitrogen and oxygen atoms in total. The van der Waals surface area contributed by atoms with Gasteiger partial charge in [0.1, 0.15) is 16.7 Å². The Balaban J connectivity index is 2.13.